The topological polar surface area (TPSA) is 60.3 Å². The molecule has 0 radical (unpaired) electrons. The minimum Gasteiger partial charge on any atom is -0.480 e. The number of nitrogens with one attached hydrogen (secondary N) is 1. The maximum Gasteiger partial charge on any atom is 0.234 e. The molecule has 1 saturated carbocycles. The van der Waals surface area contributed by atoms with Crippen LogP contribution in [0.2, 0.25) is 0 Å². The Morgan fingerprint density at radius 1 is 1.37 bits per heavy atom. The Labute approximate surface area is 113 Å². The lowest BCUT2D eigenvalue weighted by Gasteiger charge is -2.39. The van der Waals surface area contributed by atoms with Crippen molar-refractivity contribution in [3.05, 3.63) is 11.6 Å². The van der Waals surface area contributed by atoms with E-state index >= 15 is 0 Å². The van der Waals surface area contributed by atoms with Gasteiger partial charge in [0, 0.05) is 31.6 Å². The molecule has 6 nitrogen and oxygen atoms in total. The molecule has 2 N–H and O–H groups in total. The number of nitrogens with zero attached hydrogens (tertiary/aromatic N) is 3. The van der Waals surface area contributed by atoms with Gasteiger partial charge in [-0.05, 0) is 19.8 Å². The first-order chi connectivity index (χ1) is 9.19. The van der Waals surface area contributed by atoms with Crippen molar-refractivity contribution in [3.63, 3.8) is 0 Å². The van der Waals surface area contributed by atoms with Crippen LogP contribution in [0.25, 0.3) is 0 Å². The Hall–Kier alpha value is -1.27. The molecule has 2 aliphatic heterocycles. The lowest BCUT2D eigenvalue weighted by Crippen LogP contribution is -2.54. The summed E-state index contributed by atoms with van der Waals surface area (Å²) < 4.78 is 5.42. The number of hydroxylamine groups is 2. The molecule has 1 saturated heterocycles. The summed E-state index contributed by atoms with van der Waals surface area (Å²) >= 11 is 0. The number of hydrogen-bond donors (Lipinski definition) is 2. The van der Waals surface area contributed by atoms with E-state index in [0.29, 0.717) is 12.5 Å². The predicted molar refractivity (Wildman–Crippen MR) is 71.7 cm³/mol. The van der Waals surface area contributed by atoms with Crippen molar-refractivity contribution >= 4 is 5.84 Å². The van der Waals surface area contributed by atoms with Crippen LogP contribution in [0.4, 0.5) is 0 Å². The normalized spacial score (nSPS) is 29.1. The minimum atomic E-state index is 0.135. The van der Waals surface area contributed by atoms with Gasteiger partial charge in [-0.1, -0.05) is 0 Å². The Morgan fingerprint density at radius 3 is 2.79 bits per heavy atom. The fraction of sp³-hybridized carbons (Fsp3) is 0.769. The average Bonchev–Trinajstić information content (AvgIpc) is 3.25. The smallest absolute Gasteiger partial charge is 0.234 e. The van der Waals surface area contributed by atoms with Gasteiger partial charge in [-0.2, -0.15) is 10.1 Å². The number of hydrogen-bond acceptors (Lipinski definition) is 6. The molecular formula is C13H22N4O2. The zero-order valence-electron chi connectivity index (χ0n) is 11.6. The predicted octanol–water partition coefficient (Wildman–Crippen LogP) is 0.609. The fourth-order valence-corrected chi connectivity index (χ4v) is 2.68. The van der Waals surface area contributed by atoms with Crippen LogP contribution < -0.4 is 5.32 Å². The summed E-state index contributed by atoms with van der Waals surface area (Å²) in [6.45, 7) is 5.04. The molecule has 3 aliphatic rings. The summed E-state index contributed by atoms with van der Waals surface area (Å²) in [5.74, 6) is 2.37. The largest absolute Gasteiger partial charge is 0.480 e. The van der Waals surface area contributed by atoms with Gasteiger partial charge in [-0.15, -0.1) is 0 Å². The molecule has 0 amide bonds. The van der Waals surface area contributed by atoms with Crippen LogP contribution in [0.3, 0.4) is 0 Å². The number of aliphatic imine (C=N–C) groups is 1. The van der Waals surface area contributed by atoms with E-state index in [1.165, 1.54) is 23.6 Å². The van der Waals surface area contributed by atoms with Gasteiger partial charge >= 0.3 is 0 Å². The number of methoxy groups -OCH3 is 1. The van der Waals surface area contributed by atoms with Crippen molar-refractivity contribution in [2.45, 2.75) is 25.8 Å². The van der Waals surface area contributed by atoms with E-state index in [1.54, 1.807) is 7.11 Å². The third-order valence-corrected chi connectivity index (χ3v) is 4.03. The second kappa shape index (κ2) is 5.02. The Bertz CT molecular complexity index is 417. The highest BCUT2D eigenvalue weighted by molar-refractivity contribution is 5.86. The van der Waals surface area contributed by atoms with E-state index in [-0.39, 0.29) is 6.04 Å². The molecule has 0 bridgehead atoms. The molecule has 19 heavy (non-hydrogen) atoms. The average molecular weight is 266 g/mol. The molecule has 0 spiro atoms. The van der Waals surface area contributed by atoms with Gasteiger partial charge in [0.15, 0.2) is 0 Å². The number of ether oxygens (including phenoxy) is 1. The summed E-state index contributed by atoms with van der Waals surface area (Å²) in [5.41, 5.74) is 1.17. The molecule has 0 aromatic carbocycles. The Morgan fingerprint density at radius 2 is 2.16 bits per heavy atom. The quantitative estimate of drug-likeness (QED) is 0.767. The van der Waals surface area contributed by atoms with Crippen LogP contribution in [0, 0.1) is 5.92 Å². The second-order valence-electron chi connectivity index (χ2n) is 5.54. The number of allylic oxidation sites excluding steroid dienone is 1. The highest BCUT2D eigenvalue weighted by Crippen LogP contribution is 2.37. The summed E-state index contributed by atoms with van der Waals surface area (Å²) in [6.07, 6.45) is 2.47. The molecule has 106 valence electrons. The molecule has 0 unspecified atom stereocenters. The summed E-state index contributed by atoms with van der Waals surface area (Å²) in [4.78, 5) is 6.89. The molecule has 1 atom stereocenters. The summed E-state index contributed by atoms with van der Waals surface area (Å²) in [7, 11) is 1.68. The van der Waals surface area contributed by atoms with Crippen LogP contribution in [0.5, 0.6) is 0 Å². The SMILES string of the molecule is COC1=C(C2CC2)NCC(N2CCN(O)[C@H](C)C2)=N1. The summed E-state index contributed by atoms with van der Waals surface area (Å²) in [5, 5.41) is 14.5. The van der Waals surface area contributed by atoms with Gasteiger partial charge in [-0.25, -0.2) is 0 Å². The standard InChI is InChI=1S/C13H22N4O2/c1-9-8-16(5-6-17(9)18)11-7-14-12(10-3-4-10)13(15-11)19-2/h9-10,14,18H,3-8H2,1-2H3/t9-/m1/s1. The number of amidine groups is 1. The summed E-state index contributed by atoms with van der Waals surface area (Å²) in [6, 6.07) is 0.135. The van der Waals surface area contributed by atoms with Crippen LogP contribution >= 0.6 is 0 Å². The third-order valence-electron chi connectivity index (χ3n) is 4.03. The van der Waals surface area contributed by atoms with Crippen molar-refractivity contribution < 1.29 is 9.94 Å². The van der Waals surface area contributed by atoms with Crippen molar-refractivity contribution in [1.82, 2.24) is 15.3 Å². The molecule has 3 rings (SSSR count). The minimum absolute atomic E-state index is 0.135. The molecule has 0 aromatic rings. The number of rotatable bonds is 2. The van der Waals surface area contributed by atoms with Gasteiger partial charge in [0.25, 0.3) is 0 Å². The first kappa shape index (κ1) is 12.7. The molecule has 0 aromatic heterocycles. The third kappa shape index (κ3) is 2.55. The lowest BCUT2D eigenvalue weighted by molar-refractivity contribution is -0.142. The van der Waals surface area contributed by atoms with Crippen molar-refractivity contribution in [2.24, 2.45) is 10.9 Å². The van der Waals surface area contributed by atoms with Gasteiger partial charge in [-0.3, -0.25) is 0 Å². The van der Waals surface area contributed by atoms with Gasteiger partial charge in [0.2, 0.25) is 5.88 Å². The van der Waals surface area contributed by atoms with Crippen molar-refractivity contribution in [3.8, 4) is 0 Å². The fourth-order valence-electron chi connectivity index (χ4n) is 2.68. The first-order valence-electron chi connectivity index (χ1n) is 6.99. The van der Waals surface area contributed by atoms with Crippen LogP contribution in [-0.4, -0.2) is 60.3 Å². The highest BCUT2D eigenvalue weighted by Gasteiger charge is 2.33. The monoisotopic (exact) mass is 266 g/mol. The maximum atomic E-state index is 9.63. The first-order valence-corrected chi connectivity index (χ1v) is 6.99. The Kier molecular flexibility index (Phi) is 3.36. The highest BCUT2D eigenvalue weighted by atomic mass is 16.5. The lowest BCUT2D eigenvalue weighted by atomic mass is 10.2. The van der Waals surface area contributed by atoms with E-state index < -0.39 is 0 Å². The molecule has 2 heterocycles. The van der Waals surface area contributed by atoms with Crippen LogP contribution in [0.15, 0.2) is 16.6 Å². The van der Waals surface area contributed by atoms with Crippen LogP contribution in [-0.2, 0) is 4.74 Å². The van der Waals surface area contributed by atoms with Crippen molar-refractivity contribution in [2.75, 3.05) is 33.3 Å². The maximum absolute atomic E-state index is 9.63. The molecule has 2 fully saturated rings. The van der Waals surface area contributed by atoms with Gasteiger partial charge < -0.3 is 20.2 Å². The van der Waals surface area contributed by atoms with E-state index in [1.807, 2.05) is 6.92 Å². The van der Waals surface area contributed by atoms with E-state index in [4.69, 9.17) is 4.74 Å². The molecule has 6 heteroatoms. The zero-order chi connectivity index (χ0) is 13.4. The number of piperazine rings is 1. The molecule has 1 aliphatic carbocycles. The molecular weight excluding hydrogens is 244 g/mol. The van der Waals surface area contributed by atoms with Gasteiger partial charge in [0.1, 0.15) is 5.84 Å². The second-order valence-corrected chi connectivity index (χ2v) is 5.54. The van der Waals surface area contributed by atoms with E-state index in [2.05, 4.69) is 15.2 Å². The Balaban J connectivity index is 1.75. The zero-order valence-corrected chi connectivity index (χ0v) is 11.6. The van der Waals surface area contributed by atoms with E-state index in [9.17, 15) is 5.21 Å². The van der Waals surface area contributed by atoms with Gasteiger partial charge in [0.05, 0.1) is 19.4 Å². The van der Waals surface area contributed by atoms with E-state index in [0.717, 1.165) is 31.4 Å². The van der Waals surface area contributed by atoms with Crippen molar-refractivity contribution in [1.29, 1.82) is 0 Å². The van der Waals surface area contributed by atoms with Crippen LogP contribution in [0.1, 0.15) is 19.8 Å².